The zero-order valence-electron chi connectivity index (χ0n) is 11.1. The number of hydrogen-bond donors (Lipinski definition) is 1. The van der Waals surface area contributed by atoms with E-state index in [1.54, 1.807) is 12.1 Å². The first-order chi connectivity index (χ1) is 9.65. The lowest BCUT2D eigenvalue weighted by Crippen LogP contribution is -2.41. The molecule has 0 aliphatic carbocycles. The Hall–Kier alpha value is -1.40. The third-order valence-corrected chi connectivity index (χ3v) is 4.41. The highest BCUT2D eigenvalue weighted by Gasteiger charge is 2.22. The Balaban J connectivity index is 1.83. The summed E-state index contributed by atoms with van der Waals surface area (Å²) in [7, 11) is 0. The first-order valence-corrected chi connectivity index (χ1v) is 7.72. The van der Waals surface area contributed by atoms with E-state index < -0.39 is 0 Å². The standard InChI is InChI=1S/C13H15ClN4OS/c1-8-3-2-6-18(7-8)13(19)15-11-9(14)4-5-10-12(11)17-20-16-10/h4-5,8H,2-3,6-7H2,1H3,(H,15,19). The lowest BCUT2D eigenvalue weighted by atomic mass is 10.0. The highest BCUT2D eigenvalue weighted by molar-refractivity contribution is 7.00. The van der Waals surface area contributed by atoms with Crippen LogP contribution < -0.4 is 5.32 Å². The van der Waals surface area contributed by atoms with Crippen LogP contribution in [0.5, 0.6) is 0 Å². The van der Waals surface area contributed by atoms with Crippen molar-refractivity contribution in [2.45, 2.75) is 19.8 Å². The van der Waals surface area contributed by atoms with Gasteiger partial charge in [0, 0.05) is 13.1 Å². The number of carbonyl (C=O) groups excluding carboxylic acids is 1. The number of benzene rings is 1. The van der Waals surface area contributed by atoms with Gasteiger partial charge in [0.1, 0.15) is 11.0 Å². The summed E-state index contributed by atoms with van der Waals surface area (Å²) < 4.78 is 8.36. The number of halogens is 1. The molecule has 7 heteroatoms. The number of amides is 2. The molecule has 20 heavy (non-hydrogen) atoms. The molecule has 2 aromatic rings. The summed E-state index contributed by atoms with van der Waals surface area (Å²) >= 11 is 7.29. The van der Waals surface area contributed by atoms with Crippen LogP contribution in [0.3, 0.4) is 0 Å². The number of nitrogens with one attached hydrogen (secondary N) is 1. The zero-order chi connectivity index (χ0) is 14.1. The highest BCUT2D eigenvalue weighted by atomic mass is 35.5. The molecule has 1 aliphatic heterocycles. The first-order valence-electron chi connectivity index (χ1n) is 6.62. The summed E-state index contributed by atoms with van der Waals surface area (Å²) in [4.78, 5) is 14.2. The minimum Gasteiger partial charge on any atom is -0.324 e. The molecule has 0 radical (unpaired) electrons. The van der Waals surface area contributed by atoms with Gasteiger partial charge >= 0.3 is 6.03 Å². The summed E-state index contributed by atoms with van der Waals surface area (Å²) in [5, 5.41) is 3.38. The number of anilines is 1. The molecular formula is C13H15ClN4OS. The maximum Gasteiger partial charge on any atom is 0.321 e. The summed E-state index contributed by atoms with van der Waals surface area (Å²) in [6.07, 6.45) is 2.22. The first kappa shape index (κ1) is 13.6. The Morgan fingerprint density at radius 2 is 2.35 bits per heavy atom. The highest BCUT2D eigenvalue weighted by Crippen LogP contribution is 2.30. The quantitative estimate of drug-likeness (QED) is 0.875. The Morgan fingerprint density at radius 3 is 3.15 bits per heavy atom. The predicted molar refractivity (Wildman–Crippen MR) is 81.4 cm³/mol. The number of carbonyl (C=O) groups is 1. The van der Waals surface area contributed by atoms with E-state index in [4.69, 9.17) is 11.6 Å². The van der Waals surface area contributed by atoms with E-state index in [0.29, 0.717) is 22.1 Å². The van der Waals surface area contributed by atoms with Crippen molar-refractivity contribution in [2.24, 2.45) is 5.92 Å². The average molecular weight is 311 g/mol. The Bertz CT molecular complexity index is 644. The van der Waals surface area contributed by atoms with E-state index in [1.165, 1.54) is 6.42 Å². The van der Waals surface area contributed by atoms with Crippen molar-refractivity contribution in [3.05, 3.63) is 17.2 Å². The van der Waals surface area contributed by atoms with Crippen LogP contribution in [-0.4, -0.2) is 32.8 Å². The molecule has 0 saturated carbocycles. The van der Waals surface area contributed by atoms with Gasteiger partial charge in [0.05, 0.1) is 22.4 Å². The summed E-state index contributed by atoms with van der Waals surface area (Å²) in [6, 6.07) is 3.43. The van der Waals surface area contributed by atoms with Gasteiger partial charge in [-0.1, -0.05) is 18.5 Å². The lowest BCUT2D eigenvalue weighted by Gasteiger charge is -2.31. The minimum absolute atomic E-state index is 0.112. The van der Waals surface area contributed by atoms with E-state index in [0.717, 1.165) is 36.8 Å². The summed E-state index contributed by atoms with van der Waals surface area (Å²) in [5.74, 6) is 0.543. The number of nitrogens with zero attached hydrogens (tertiary/aromatic N) is 3. The van der Waals surface area contributed by atoms with Crippen LogP contribution in [0, 0.1) is 5.92 Å². The van der Waals surface area contributed by atoms with E-state index in [9.17, 15) is 4.79 Å². The van der Waals surface area contributed by atoms with Gasteiger partial charge in [-0.2, -0.15) is 8.75 Å². The minimum atomic E-state index is -0.112. The summed E-state index contributed by atoms with van der Waals surface area (Å²) in [5.41, 5.74) is 1.96. The normalized spacial score (nSPS) is 19.3. The number of fused-ring (bicyclic) bond motifs is 1. The molecule has 1 saturated heterocycles. The number of piperidine rings is 1. The zero-order valence-corrected chi connectivity index (χ0v) is 12.7. The van der Waals surface area contributed by atoms with E-state index in [-0.39, 0.29) is 6.03 Å². The third kappa shape index (κ3) is 2.58. The van der Waals surface area contributed by atoms with Crippen molar-refractivity contribution in [1.29, 1.82) is 0 Å². The molecule has 1 fully saturated rings. The van der Waals surface area contributed by atoms with Crippen LogP contribution in [0.4, 0.5) is 10.5 Å². The molecule has 1 aromatic heterocycles. The van der Waals surface area contributed by atoms with Crippen molar-refractivity contribution in [2.75, 3.05) is 18.4 Å². The molecule has 3 rings (SSSR count). The molecule has 1 N–H and O–H groups in total. The van der Waals surface area contributed by atoms with Gasteiger partial charge in [0.2, 0.25) is 0 Å². The summed E-state index contributed by atoms with van der Waals surface area (Å²) in [6.45, 7) is 3.74. The van der Waals surface area contributed by atoms with Gasteiger partial charge in [0.25, 0.3) is 0 Å². The fourth-order valence-corrected chi connectivity index (χ4v) is 3.25. The van der Waals surface area contributed by atoms with Gasteiger partial charge in [-0.15, -0.1) is 0 Å². The predicted octanol–water partition coefficient (Wildman–Crippen LogP) is 3.61. The molecule has 106 valence electrons. The number of hydrogen-bond acceptors (Lipinski definition) is 4. The fourth-order valence-electron chi connectivity index (χ4n) is 2.51. The molecule has 1 aliphatic rings. The van der Waals surface area contributed by atoms with Crippen LogP contribution in [0.2, 0.25) is 5.02 Å². The van der Waals surface area contributed by atoms with E-state index in [2.05, 4.69) is 21.0 Å². The molecule has 2 heterocycles. The van der Waals surface area contributed by atoms with Crippen LogP contribution >= 0.6 is 23.3 Å². The van der Waals surface area contributed by atoms with Gasteiger partial charge in [-0.3, -0.25) is 0 Å². The van der Waals surface area contributed by atoms with Crippen LogP contribution in [-0.2, 0) is 0 Å². The number of likely N-dealkylation sites (tertiary alicyclic amines) is 1. The maximum atomic E-state index is 12.3. The molecule has 1 aromatic carbocycles. The molecule has 5 nitrogen and oxygen atoms in total. The van der Waals surface area contributed by atoms with Crippen molar-refractivity contribution in [3.8, 4) is 0 Å². The third-order valence-electron chi connectivity index (χ3n) is 3.55. The second-order valence-corrected chi connectivity index (χ2v) is 6.11. The van der Waals surface area contributed by atoms with Crippen LogP contribution in [0.1, 0.15) is 19.8 Å². The molecule has 1 unspecified atom stereocenters. The van der Waals surface area contributed by atoms with Crippen molar-refractivity contribution in [3.63, 3.8) is 0 Å². The van der Waals surface area contributed by atoms with Crippen LogP contribution in [0.15, 0.2) is 12.1 Å². The Labute approximate surface area is 126 Å². The number of aromatic nitrogens is 2. The number of rotatable bonds is 1. The van der Waals surface area contributed by atoms with Gasteiger partial charge in [0.15, 0.2) is 0 Å². The van der Waals surface area contributed by atoms with Gasteiger partial charge in [-0.05, 0) is 30.9 Å². The Morgan fingerprint density at radius 1 is 1.50 bits per heavy atom. The molecular weight excluding hydrogens is 296 g/mol. The van der Waals surface area contributed by atoms with Crippen molar-refractivity contribution in [1.82, 2.24) is 13.6 Å². The van der Waals surface area contributed by atoms with Crippen LogP contribution in [0.25, 0.3) is 11.0 Å². The van der Waals surface area contributed by atoms with E-state index in [1.807, 2.05) is 4.90 Å². The van der Waals surface area contributed by atoms with Crippen molar-refractivity contribution >= 4 is 46.1 Å². The average Bonchev–Trinajstić information content (AvgIpc) is 2.90. The van der Waals surface area contributed by atoms with Gasteiger partial charge in [-0.25, -0.2) is 4.79 Å². The topological polar surface area (TPSA) is 58.1 Å². The van der Waals surface area contributed by atoms with Gasteiger partial charge < -0.3 is 10.2 Å². The Kier molecular flexibility index (Phi) is 3.76. The second-order valence-electron chi connectivity index (χ2n) is 5.18. The molecule has 2 amide bonds. The molecule has 0 bridgehead atoms. The maximum absolute atomic E-state index is 12.3. The molecule has 0 spiro atoms. The SMILES string of the molecule is CC1CCCN(C(=O)Nc2c(Cl)ccc3nsnc23)C1. The second kappa shape index (κ2) is 5.54. The van der Waals surface area contributed by atoms with Crippen molar-refractivity contribution < 1.29 is 4.79 Å². The smallest absolute Gasteiger partial charge is 0.321 e. The largest absolute Gasteiger partial charge is 0.324 e. The fraction of sp³-hybridized carbons (Fsp3) is 0.462. The monoisotopic (exact) mass is 310 g/mol. The molecule has 1 atom stereocenters. The van der Waals surface area contributed by atoms with E-state index >= 15 is 0 Å². The number of urea groups is 1. The lowest BCUT2D eigenvalue weighted by molar-refractivity contribution is 0.182.